The third-order valence-electron chi connectivity index (χ3n) is 4.83. The molecule has 0 heterocycles. The summed E-state index contributed by atoms with van der Waals surface area (Å²) in [5, 5.41) is 3.27. The summed E-state index contributed by atoms with van der Waals surface area (Å²) in [6.07, 6.45) is 4.76. The molecule has 1 N–H and O–H groups in total. The van der Waals surface area contributed by atoms with Crippen LogP contribution in [0.3, 0.4) is 0 Å². The molecule has 0 radical (unpaired) electrons. The molecule has 1 saturated carbocycles. The second-order valence-corrected chi connectivity index (χ2v) is 6.62. The molecule has 1 aliphatic carbocycles. The van der Waals surface area contributed by atoms with E-state index in [4.69, 9.17) is 0 Å². The summed E-state index contributed by atoms with van der Waals surface area (Å²) in [4.78, 5) is 2.27. The standard InChI is InChI=1S/C17H26F2N2/c1-13-6-5-9-17(10-13,21(2)3)12-20-11-14-15(18)7-4-8-16(14)19/h4,7-8,13,20H,5-6,9-12H2,1-3H3. The zero-order valence-electron chi connectivity index (χ0n) is 13.3. The Balaban J connectivity index is 2.00. The van der Waals surface area contributed by atoms with Crippen LogP contribution in [0.4, 0.5) is 8.78 Å². The fraction of sp³-hybridized carbons (Fsp3) is 0.647. The van der Waals surface area contributed by atoms with E-state index in [1.54, 1.807) is 0 Å². The number of rotatable bonds is 5. The van der Waals surface area contributed by atoms with Gasteiger partial charge in [0.15, 0.2) is 0 Å². The van der Waals surface area contributed by atoms with Gasteiger partial charge in [0.25, 0.3) is 0 Å². The summed E-state index contributed by atoms with van der Waals surface area (Å²) < 4.78 is 27.3. The first-order chi connectivity index (χ1) is 9.94. The van der Waals surface area contributed by atoms with E-state index in [9.17, 15) is 8.78 Å². The van der Waals surface area contributed by atoms with Crippen LogP contribution >= 0.6 is 0 Å². The quantitative estimate of drug-likeness (QED) is 0.893. The predicted molar refractivity (Wildman–Crippen MR) is 82.1 cm³/mol. The zero-order chi connectivity index (χ0) is 15.5. The van der Waals surface area contributed by atoms with Gasteiger partial charge in [-0.2, -0.15) is 0 Å². The lowest BCUT2D eigenvalue weighted by atomic mass is 9.75. The number of nitrogens with one attached hydrogen (secondary N) is 1. The Morgan fingerprint density at radius 2 is 1.95 bits per heavy atom. The topological polar surface area (TPSA) is 15.3 Å². The molecule has 2 unspecified atom stereocenters. The van der Waals surface area contributed by atoms with Crippen molar-refractivity contribution in [2.45, 2.75) is 44.7 Å². The molecule has 0 bridgehead atoms. The van der Waals surface area contributed by atoms with Crippen molar-refractivity contribution in [2.24, 2.45) is 5.92 Å². The summed E-state index contributed by atoms with van der Waals surface area (Å²) in [7, 11) is 4.20. The van der Waals surface area contributed by atoms with Gasteiger partial charge in [-0.05, 0) is 45.0 Å². The van der Waals surface area contributed by atoms with E-state index in [-0.39, 0.29) is 17.6 Å². The maximum absolute atomic E-state index is 13.6. The van der Waals surface area contributed by atoms with Crippen molar-refractivity contribution >= 4 is 0 Å². The van der Waals surface area contributed by atoms with Crippen molar-refractivity contribution in [3.63, 3.8) is 0 Å². The molecule has 21 heavy (non-hydrogen) atoms. The summed E-state index contributed by atoms with van der Waals surface area (Å²) in [5.41, 5.74) is 0.231. The van der Waals surface area contributed by atoms with Gasteiger partial charge in [-0.25, -0.2) is 8.78 Å². The SMILES string of the molecule is CC1CCCC(CNCc2c(F)cccc2F)(N(C)C)C1. The van der Waals surface area contributed by atoms with E-state index in [0.29, 0.717) is 5.92 Å². The van der Waals surface area contributed by atoms with Gasteiger partial charge in [0, 0.05) is 24.2 Å². The van der Waals surface area contributed by atoms with Gasteiger partial charge in [0.2, 0.25) is 0 Å². The Labute approximate surface area is 126 Å². The Bertz CT molecular complexity index is 456. The van der Waals surface area contributed by atoms with E-state index in [2.05, 4.69) is 31.2 Å². The molecule has 2 rings (SSSR count). The van der Waals surface area contributed by atoms with E-state index in [0.717, 1.165) is 19.4 Å². The Morgan fingerprint density at radius 1 is 1.29 bits per heavy atom. The van der Waals surface area contributed by atoms with Gasteiger partial charge >= 0.3 is 0 Å². The molecule has 1 fully saturated rings. The predicted octanol–water partition coefficient (Wildman–Crippen LogP) is 3.56. The first-order valence-corrected chi connectivity index (χ1v) is 7.76. The van der Waals surface area contributed by atoms with Crippen LogP contribution in [0, 0.1) is 17.6 Å². The van der Waals surface area contributed by atoms with Crippen molar-refractivity contribution < 1.29 is 8.78 Å². The van der Waals surface area contributed by atoms with Gasteiger partial charge in [0.1, 0.15) is 11.6 Å². The fourth-order valence-corrected chi connectivity index (χ4v) is 3.48. The van der Waals surface area contributed by atoms with Gasteiger partial charge in [-0.15, -0.1) is 0 Å². The number of halogens is 2. The summed E-state index contributed by atoms with van der Waals surface area (Å²) in [6.45, 7) is 3.29. The minimum absolute atomic E-state index is 0.0966. The molecular formula is C17H26F2N2. The van der Waals surface area contributed by atoms with Crippen LogP contribution in [-0.2, 0) is 6.54 Å². The van der Waals surface area contributed by atoms with Crippen molar-refractivity contribution in [1.29, 1.82) is 0 Å². The minimum atomic E-state index is -0.474. The second-order valence-electron chi connectivity index (χ2n) is 6.62. The van der Waals surface area contributed by atoms with Crippen molar-refractivity contribution in [2.75, 3.05) is 20.6 Å². The van der Waals surface area contributed by atoms with Crippen molar-refractivity contribution in [3.8, 4) is 0 Å². The van der Waals surface area contributed by atoms with Crippen LogP contribution in [0.1, 0.15) is 38.2 Å². The zero-order valence-corrected chi connectivity index (χ0v) is 13.3. The van der Waals surface area contributed by atoms with Crippen LogP contribution in [0.2, 0.25) is 0 Å². The third kappa shape index (κ3) is 3.80. The van der Waals surface area contributed by atoms with E-state index in [1.807, 2.05) is 0 Å². The van der Waals surface area contributed by atoms with Crippen LogP contribution < -0.4 is 5.32 Å². The van der Waals surface area contributed by atoms with Crippen LogP contribution in [0.5, 0.6) is 0 Å². The highest BCUT2D eigenvalue weighted by Crippen LogP contribution is 2.35. The maximum Gasteiger partial charge on any atom is 0.130 e. The Hall–Kier alpha value is -1.00. The minimum Gasteiger partial charge on any atom is -0.311 e. The van der Waals surface area contributed by atoms with Gasteiger partial charge in [-0.1, -0.05) is 25.8 Å². The van der Waals surface area contributed by atoms with Crippen molar-refractivity contribution in [3.05, 3.63) is 35.4 Å². The molecule has 0 spiro atoms. The van der Waals surface area contributed by atoms with Gasteiger partial charge in [0.05, 0.1) is 0 Å². The largest absolute Gasteiger partial charge is 0.311 e. The lowest BCUT2D eigenvalue weighted by Crippen LogP contribution is -2.54. The number of hydrogen-bond donors (Lipinski definition) is 1. The fourth-order valence-electron chi connectivity index (χ4n) is 3.48. The van der Waals surface area contributed by atoms with Crippen molar-refractivity contribution in [1.82, 2.24) is 10.2 Å². The molecule has 1 aromatic rings. The first-order valence-electron chi connectivity index (χ1n) is 7.76. The van der Waals surface area contributed by atoms with E-state index in [1.165, 1.54) is 31.0 Å². The lowest BCUT2D eigenvalue weighted by Gasteiger charge is -2.45. The highest BCUT2D eigenvalue weighted by Gasteiger charge is 2.36. The Kier molecular flexibility index (Phi) is 5.33. The summed E-state index contributed by atoms with van der Waals surface area (Å²) in [5.74, 6) is -0.245. The summed E-state index contributed by atoms with van der Waals surface area (Å²) in [6, 6.07) is 4.02. The number of likely N-dealkylation sites (N-methyl/N-ethyl adjacent to an activating group) is 1. The summed E-state index contributed by atoms with van der Waals surface area (Å²) >= 11 is 0. The molecule has 1 aliphatic rings. The molecule has 4 heteroatoms. The highest BCUT2D eigenvalue weighted by molar-refractivity contribution is 5.19. The molecule has 118 valence electrons. The number of hydrogen-bond acceptors (Lipinski definition) is 2. The van der Waals surface area contributed by atoms with Crippen LogP contribution in [-0.4, -0.2) is 31.1 Å². The van der Waals surface area contributed by atoms with E-state index < -0.39 is 11.6 Å². The molecule has 2 atom stereocenters. The highest BCUT2D eigenvalue weighted by atomic mass is 19.1. The van der Waals surface area contributed by atoms with Gasteiger partial charge < -0.3 is 10.2 Å². The monoisotopic (exact) mass is 296 g/mol. The van der Waals surface area contributed by atoms with E-state index >= 15 is 0 Å². The smallest absolute Gasteiger partial charge is 0.130 e. The molecule has 0 aromatic heterocycles. The van der Waals surface area contributed by atoms with Gasteiger partial charge in [-0.3, -0.25) is 0 Å². The first kappa shape index (κ1) is 16.4. The molecule has 0 saturated heterocycles. The molecule has 2 nitrogen and oxygen atoms in total. The average Bonchev–Trinajstić information content (AvgIpc) is 2.42. The number of benzene rings is 1. The molecule has 0 amide bonds. The normalized spacial score (nSPS) is 26.3. The maximum atomic E-state index is 13.6. The third-order valence-corrected chi connectivity index (χ3v) is 4.83. The number of nitrogens with zero attached hydrogens (tertiary/aromatic N) is 1. The lowest BCUT2D eigenvalue weighted by molar-refractivity contribution is 0.0748. The molecular weight excluding hydrogens is 270 g/mol. The average molecular weight is 296 g/mol. The second kappa shape index (κ2) is 6.84. The van der Waals surface area contributed by atoms with Crippen LogP contribution in [0.25, 0.3) is 0 Å². The molecule has 1 aromatic carbocycles. The molecule has 0 aliphatic heterocycles. The Morgan fingerprint density at radius 3 is 2.52 bits per heavy atom. The van der Waals surface area contributed by atoms with Crippen LogP contribution in [0.15, 0.2) is 18.2 Å².